The summed E-state index contributed by atoms with van der Waals surface area (Å²) in [4.78, 5) is 27.1. The molecule has 3 aromatic carbocycles. The molecule has 6 rings (SSSR count). The second-order valence-electron chi connectivity index (χ2n) is 10.4. The van der Waals surface area contributed by atoms with Crippen LogP contribution in [0, 0.1) is 0 Å². The van der Waals surface area contributed by atoms with E-state index in [9.17, 15) is 14.7 Å². The van der Waals surface area contributed by atoms with Crippen molar-refractivity contribution in [3.63, 3.8) is 0 Å². The van der Waals surface area contributed by atoms with Crippen molar-refractivity contribution in [3.8, 4) is 0 Å². The highest BCUT2D eigenvalue weighted by atomic mass is 79.9. The molecule has 3 aromatic rings. The molecular weight excluding hydrogens is 574 g/mol. The zero-order valence-corrected chi connectivity index (χ0v) is 23.5. The van der Waals surface area contributed by atoms with Crippen molar-refractivity contribution < 1.29 is 19.4 Å². The Kier molecular flexibility index (Phi) is 7.64. The first-order chi connectivity index (χ1) is 19.5. The molecule has 10 heteroatoms. The van der Waals surface area contributed by atoms with Crippen LogP contribution in [0.1, 0.15) is 41.7 Å². The van der Waals surface area contributed by atoms with Crippen LogP contribution in [0.2, 0.25) is 0 Å². The van der Waals surface area contributed by atoms with Gasteiger partial charge in [0.25, 0.3) is 5.91 Å². The standard InChI is InChI=1S/C30H32BrN5O4/c31-22-9-4-5-10-25(22)35-13-6-14-36(35)29(38)28(20-7-2-1-3-8-20)34-30(39)32-17-19-11-12-23-21(15-19)27-16-24(33-23)26(37)18-40-27/h1-5,7-12,15,24,26-28,33,37H,6,13-14,16-18H2,(H2,32,34,39)/t24-,26+,27+,28-/m0/s1. The molecule has 2 saturated heterocycles. The highest BCUT2D eigenvalue weighted by Crippen LogP contribution is 2.39. The first-order valence-corrected chi connectivity index (χ1v) is 14.4. The predicted molar refractivity (Wildman–Crippen MR) is 156 cm³/mol. The molecule has 4 atom stereocenters. The minimum Gasteiger partial charge on any atom is -0.389 e. The number of aliphatic hydroxyl groups excluding tert-OH is 1. The van der Waals surface area contributed by atoms with Crippen molar-refractivity contribution in [1.82, 2.24) is 15.6 Å². The Balaban J connectivity index is 1.16. The highest BCUT2D eigenvalue weighted by molar-refractivity contribution is 9.10. The minimum absolute atomic E-state index is 0.0111. The number of anilines is 2. The van der Waals surface area contributed by atoms with Crippen molar-refractivity contribution in [2.45, 2.75) is 43.7 Å². The Morgan fingerprint density at radius 3 is 2.70 bits per heavy atom. The van der Waals surface area contributed by atoms with Gasteiger partial charge in [0.2, 0.25) is 0 Å². The average Bonchev–Trinajstić information content (AvgIpc) is 3.47. The van der Waals surface area contributed by atoms with E-state index in [-0.39, 0.29) is 18.1 Å². The van der Waals surface area contributed by atoms with Crippen molar-refractivity contribution in [2.24, 2.45) is 0 Å². The molecule has 0 radical (unpaired) electrons. The van der Waals surface area contributed by atoms with E-state index in [1.165, 1.54) is 0 Å². The fourth-order valence-corrected chi connectivity index (χ4v) is 6.17. The lowest BCUT2D eigenvalue weighted by molar-refractivity contribution is -0.132. The third kappa shape index (κ3) is 5.39. The molecule has 3 amide bonds. The number of urea groups is 1. The number of para-hydroxylation sites is 1. The lowest BCUT2D eigenvalue weighted by Crippen LogP contribution is -2.49. The van der Waals surface area contributed by atoms with E-state index in [0.29, 0.717) is 38.2 Å². The van der Waals surface area contributed by atoms with E-state index in [2.05, 4.69) is 31.9 Å². The maximum atomic E-state index is 13.9. The SMILES string of the molecule is O=C(NCc1ccc2c(c1)[C@H]1C[C@H](N2)[C@H](O)CO1)N[C@H](C(=O)N1CCCN1c1ccccc1Br)c1ccccc1. The number of ether oxygens (including phenoxy) is 1. The van der Waals surface area contributed by atoms with Crippen LogP contribution < -0.4 is 21.0 Å². The van der Waals surface area contributed by atoms with Gasteiger partial charge in [-0.05, 0) is 57.7 Å². The molecule has 4 N–H and O–H groups in total. The van der Waals surface area contributed by atoms with Crippen molar-refractivity contribution in [2.75, 3.05) is 30.0 Å². The summed E-state index contributed by atoms with van der Waals surface area (Å²) in [5.74, 6) is -0.194. The summed E-state index contributed by atoms with van der Waals surface area (Å²) in [5.41, 5.74) is 4.53. The second kappa shape index (κ2) is 11.5. The van der Waals surface area contributed by atoms with Crippen LogP contribution in [0.3, 0.4) is 0 Å². The number of aliphatic hydroxyl groups is 1. The second-order valence-corrected chi connectivity index (χ2v) is 11.2. The van der Waals surface area contributed by atoms with Crippen LogP contribution >= 0.6 is 15.9 Å². The van der Waals surface area contributed by atoms with Gasteiger partial charge < -0.3 is 25.8 Å². The average molecular weight is 607 g/mol. The minimum atomic E-state index is -0.851. The molecule has 3 aliphatic rings. The van der Waals surface area contributed by atoms with Gasteiger partial charge in [0.05, 0.1) is 30.5 Å². The maximum Gasteiger partial charge on any atom is 0.315 e. The number of carbonyl (C=O) groups is 2. The molecule has 3 aliphatic heterocycles. The molecule has 208 valence electrons. The molecule has 2 bridgehead atoms. The Hall–Kier alpha value is -3.60. The summed E-state index contributed by atoms with van der Waals surface area (Å²) in [7, 11) is 0. The topological polar surface area (TPSA) is 106 Å². The number of benzene rings is 3. The van der Waals surface area contributed by atoms with Gasteiger partial charge in [0.1, 0.15) is 6.04 Å². The summed E-state index contributed by atoms with van der Waals surface area (Å²) in [6, 6.07) is 21.8. The number of halogens is 1. The summed E-state index contributed by atoms with van der Waals surface area (Å²) in [6.07, 6.45) is 0.945. The fraction of sp³-hybridized carbons (Fsp3) is 0.333. The number of hydrogen-bond acceptors (Lipinski definition) is 6. The smallest absolute Gasteiger partial charge is 0.315 e. The molecule has 9 nitrogen and oxygen atoms in total. The summed E-state index contributed by atoms with van der Waals surface area (Å²) in [5, 5.41) is 23.1. The first kappa shape index (κ1) is 26.6. The zero-order valence-electron chi connectivity index (χ0n) is 21.9. The molecule has 0 aromatic heterocycles. The van der Waals surface area contributed by atoms with Crippen LogP contribution in [-0.2, 0) is 16.1 Å². The van der Waals surface area contributed by atoms with E-state index < -0.39 is 18.2 Å². The number of fused-ring (bicyclic) bond motifs is 4. The van der Waals surface area contributed by atoms with Crippen molar-refractivity contribution in [1.29, 1.82) is 0 Å². The van der Waals surface area contributed by atoms with Gasteiger partial charge in [-0.3, -0.25) is 14.8 Å². The first-order valence-electron chi connectivity index (χ1n) is 13.6. The number of nitrogens with one attached hydrogen (secondary N) is 3. The summed E-state index contributed by atoms with van der Waals surface area (Å²) < 4.78 is 6.76. The van der Waals surface area contributed by atoms with Crippen LogP contribution in [0.5, 0.6) is 0 Å². The molecule has 3 heterocycles. The number of hydrogen-bond donors (Lipinski definition) is 4. The largest absolute Gasteiger partial charge is 0.389 e. The van der Waals surface area contributed by atoms with E-state index in [4.69, 9.17) is 4.74 Å². The third-order valence-corrected chi connectivity index (χ3v) is 8.40. The van der Waals surface area contributed by atoms with Gasteiger partial charge in [-0.25, -0.2) is 4.79 Å². The number of amides is 3. The lowest BCUT2D eigenvalue weighted by atomic mass is 9.89. The Morgan fingerprint density at radius 2 is 1.88 bits per heavy atom. The van der Waals surface area contributed by atoms with Crippen LogP contribution in [-0.4, -0.2) is 53.9 Å². The molecule has 0 saturated carbocycles. The van der Waals surface area contributed by atoms with Gasteiger partial charge in [-0.1, -0.05) is 48.5 Å². The molecule has 0 spiro atoms. The number of carbonyl (C=O) groups excluding carboxylic acids is 2. The molecule has 0 unspecified atom stereocenters. The summed E-state index contributed by atoms with van der Waals surface area (Å²) >= 11 is 3.61. The van der Waals surface area contributed by atoms with E-state index in [0.717, 1.165) is 33.4 Å². The van der Waals surface area contributed by atoms with Gasteiger partial charge in [0.15, 0.2) is 0 Å². The number of hydrazine groups is 1. The maximum absolute atomic E-state index is 13.9. The third-order valence-electron chi connectivity index (χ3n) is 7.73. The quantitative estimate of drug-likeness (QED) is 0.334. The van der Waals surface area contributed by atoms with Crippen LogP contribution in [0.4, 0.5) is 16.2 Å². The van der Waals surface area contributed by atoms with Crippen LogP contribution in [0.25, 0.3) is 0 Å². The number of nitrogens with zero attached hydrogens (tertiary/aromatic N) is 2. The summed E-state index contributed by atoms with van der Waals surface area (Å²) in [6.45, 7) is 1.87. The lowest BCUT2D eigenvalue weighted by Gasteiger charge is -2.40. The van der Waals surface area contributed by atoms with Crippen molar-refractivity contribution in [3.05, 3.63) is 94.0 Å². The molecule has 2 fully saturated rings. The molecule has 0 aliphatic carbocycles. The van der Waals surface area contributed by atoms with Crippen LogP contribution in [0.15, 0.2) is 77.3 Å². The monoisotopic (exact) mass is 605 g/mol. The zero-order chi connectivity index (χ0) is 27.6. The Labute approximate surface area is 241 Å². The predicted octanol–water partition coefficient (Wildman–Crippen LogP) is 4.26. The normalized spacial score (nSPS) is 22.2. The van der Waals surface area contributed by atoms with E-state index >= 15 is 0 Å². The van der Waals surface area contributed by atoms with Gasteiger partial charge >= 0.3 is 6.03 Å². The van der Waals surface area contributed by atoms with Gasteiger partial charge in [-0.2, -0.15) is 0 Å². The Morgan fingerprint density at radius 1 is 1.07 bits per heavy atom. The van der Waals surface area contributed by atoms with E-state index in [1.54, 1.807) is 5.01 Å². The Bertz CT molecular complexity index is 1390. The van der Waals surface area contributed by atoms with Gasteiger partial charge in [-0.15, -0.1) is 0 Å². The highest BCUT2D eigenvalue weighted by Gasteiger charge is 2.37. The fourth-order valence-electron chi connectivity index (χ4n) is 5.68. The molecular formula is C30H32BrN5O4. The van der Waals surface area contributed by atoms with Gasteiger partial charge in [0, 0.05) is 41.8 Å². The van der Waals surface area contributed by atoms with Crippen molar-refractivity contribution >= 4 is 39.2 Å². The number of rotatable bonds is 6. The van der Waals surface area contributed by atoms with E-state index in [1.807, 2.05) is 77.8 Å². The molecule has 40 heavy (non-hydrogen) atoms.